The molecule has 0 spiro atoms. The highest BCUT2D eigenvalue weighted by molar-refractivity contribution is 6.20. The van der Waals surface area contributed by atoms with E-state index < -0.39 is 0 Å². The Morgan fingerprint density at radius 3 is 2.06 bits per heavy atom. The normalized spacial score (nSPS) is 12.3. The first kappa shape index (κ1) is 12.2. The standard InChI is InChI=1S/C16H17Cl/c17-16(15-11-5-2-6-12-15)13-7-10-14-8-3-1-4-9-14/h1-6,8-9,11-12,16H,7,10,13H2. The first-order chi connectivity index (χ1) is 8.36. The van der Waals surface area contributed by atoms with Crippen molar-refractivity contribution in [2.24, 2.45) is 0 Å². The van der Waals surface area contributed by atoms with Crippen LogP contribution in [0.25, 0.3) is 0 Å². The molecule has 0 radical (unpaired) electrons. The highest BCUT2D eigenvalue weighted by Crippen LogP contribution is 2.25. The van der Waals surface area contributed by atoms with Gasteiger partial charge in [0.25, 0.3) is 0 Å². The van der Waals surface area contributed by atoms with Crippen molar-refractivity contribution in [2.45, 2.75) is 24.6 Å². The SMILES string of the molecule is ClC(CCCc1ccccc1)c1ccccc1. The Bertz CT molecular complexity index is 422. The Balaban J connectivity index is 1.79. The second-order valence-electron chi connectivity index (χ2n) is 4.26. The van der Waals surface area contributed by atoms with Gasteiger partial charge in [-0.2, -0.15) is 0 Å². The monoisotopic (exact) mass is 244 g/mol. The molecular formula is C16H17Cl. The molecule has 0 saturated heterocycles. The van der Waals surface area contributed by atoms with Crippen LogP contribution in [0.3, 0.4) is 0 Å². The number of rotatable bonds is 5. The minimum absolute atomic E-state index is 0.139. The third kappa shape index (κ3) is 3.90. The summed E-state index contributed by atoms with van der Waals surface area (Å²) in [5, 5.41) is 0.139. The predicted octanol–water partition coefficient (Wildman–Crippen LogP) is 4.99. The van der Waals surface area contributed by atoms with E-state index in [9.17, 15) is 0 Å². The van der Waals surface area contributed by atoms with E-state index in [1.54, 1.807) is 0 Å². The molecule has 0 nitrogen and oxygen atoms in total. The number of hydrogen-bond acceptors (Lipinski definition) is 0. The van der Waals surface area contributed by atoms with Crippen LogP contribution in [0, 0.1) is 0 Å². The molecule has 0 aliphatic heterocycles. The number of halogens is 1. The molecule has 0 fully saturated rings. The van der Waals surface area contributed by atoms with Crippen molar-refractivity contribution in [3.63, 3.8) is 0 Å². The van der Waals surface area contributed by atoms with Crippen molar-refractivity contribution in [3.8, 4) is 0 Å². The average molecular weight is 245 g/mol. The van der Waals surface area contributed by atoms with Crippen molar-refractivity contribution in [2.75, 3.05) is 0 Å². The second kappa shape index (κ2) is 6.46. The van der Waals surface area contributed by atoms with Gasteiger partial charge in [-0.1, -0.05) is 60.7 Å². The van der Waals surface area contributed by atoms with Crippen molar-refractivity contribution >= 4 is 11.6 Å². The van der Waals surface area contributed by atoms with Gasteiger partial charge in [0.05, 0.1) is 5.38 Å². The molecule has 2 aromatic carbocycles. The van der Waals surface area contributed by atoms with Crippen LogP contribution in [-0.2, 0) is 6.42 Å². The van der Waals surface area contributed by atoms with Gasteiger partial charge in [-0.3, -0.25) is 0 Å². The maximum atomic E-state index is 6.37. The molecule has 2 aromatic rings. The molecule has 1 unspecified atom stereocenters. The lowest BCUT2D eigenvalue weighted by Gasteiger charge is -2.09. The predicted molar refractivity (Wildman–Crippen MR) is 74.4 cm³/mol. The Hall–Kier alpha value is -1.27. The van der Waals surface area contributed by atoms with Crippen LogP contribution < -0.4 is 0 Å². The number of alkyl halides is 1. The molecule has 0 bridgehead atoms. The van der Waals surface area contributed by atoms with E-state index in [2.05, 4.69) is 42.5 Å². The molecule has 1 heteroatoms. The Morgan fingerprint density at radius 2 is 1.41 bits per heavy atom. The fraction of sp³-hybridized carbons (Fsp3) is 0.250. The van der Waals surface area contributed by atoms with Gasteiger partial charge >= 0.3 is 0 Å². The molecule has 1 atom stereocenters. The zero-order valence-corrected chi connectivity index (χ0v) is 10.6. The molecule has 0 heterocycles. The molecule has 0 saturated carbocycles. The molecule has 0 aromatic heterocycles. The van der Waals surface area contributed by atoms with Crippen molar-refractivity contribution in [1.29, 1.82) is 0 Å². The molecule has 0 aliphatic rings. The van der Waals surface area contributed by atoms with Crippen LogP contribution >= 0.6 is 11.6 Å². The summed E-state index contributed by atoms with van der Waals surface area (Å²) in [7, 11) is 0. The zero-order chi connectivity index (χ0) is 11.9. The summed E-state index contributed by atoms with van der Waals surface area (Å²) in [4.78, 5) is 0. The highest BCUT2D eigenvalue weighted by atomic mass is 35.5. The van der Waals surface area contributed by atoms with Gasteiger partial charge in [-0.15, -0.1) is 11.6 Å². The van der Waals surface area contributed by atoms with Gasteiger partial charge < -0.3 is 0 Å². The van der Waals surface area contributed by atoms with Crippen LogP contribution in [0.2, 0.25) is 0 Å². The maximum Gasteiger partial charge on any atom is 0.0585 e. The van der Waals surface area contributed by atoms with Crippen LogP contribution in [0.4, 0.5) is 0 Å². The minimum Gasteiger partial charge on any atom is -0.118 e. The third-order valence-electron chi connectivity index (χ3n) is 2.93. The fourth-order valence-electron chi connectivity index (χ4n) is 1.96. The van der Waals surface area contributed by atoms with E-state index in [1.807, 2.05) is 18.2 Å². The quantitative estimate of drug-likeness (QED) is 0.650. The minimum atomic E-state index is 0.139. The summed E-state index contributed by atoms with van der Waals surface area (Å²) in [6.45, 7) is 0. The lowest BCUT2D eigenvalue weighted by atomic mass is 10.0. The Morgan fingerprint density at radius 1 is 0.824 bits per heavy atom. The molecule has 2 rings (SSSR count). The third-order valence-corrected chi connectivity index (χ3v) is 3.40. The first-order valence-corrected chi connectivity index (χ1v) is 6.53. The second-order valence-corrected chi connectivity index (χ2v) is 4.78. The van der Waals surface area contributed by atoms with Gasteiger partial charge in [0.1, 0.15) is 0 Å². The van der Waals surface area contributed by atoms with Crippen molar-refractivity contribution < 1.29 is 0 Å². The summed E-state index contributed by atoms with van der Waals surface area (Å²) < 4.78 is 0. The van der Waals surface area contributed by atoms with Crippen LogP contribution in [-0.4, -0.2) is 0 Å². The van der Waals surface area contributed by atoms with Gasteiger partial charge in [0.15, 0.2) is 0 Å². The van der Waals surface area contributed by atoms with Gasteiger partial charge in [0.2, 0.25) is 0 Å². The topological polar surface area (TPSA) is 0 Å². The van der Waals surface area contributed by atoms with Crippen LogP contribution in [0.1, 0.15) is 29.3 Å². The maximum absolute atomic E-state index is 6.37. The Kier molecular flexibility index (Phi) is 4.63. The summed E-state index contributed by atoms with van der Waals surface area (Å²) in [5.41, 5.74) is 2.62. The van der Waals surface area contributed by atoms with Gasteiger partial charge in [0, 0.05) is 0 Å². The van der Waals surface area contributed by atoms with Gasteiger partial charge in [-0.25, -0.2) is 0 Å². The lowest BCUT2D eigenvalue weighted by Crippen LogP contribution is -1.92. The van der Waals surface area contributed by atoms with Gasteiger partial charge in [-0.05, 0) is 30.4 Å². The van der Waals surface area contributed by atoms with E-state index >= 15 is 0 Å². The Labute approximate surface area is 108 Å². The lowest BCUT2D eigenvalue weighted by molar-refractivity contribution is 0.716. The number of hydrogen-bond donors (Lipinski definition) is 0. The molecular weight excluding hydrogens is 228 g/mol. The smallest absolute Gasteiger partial charge is 0.0585 e. The fourth-order valence-corrected chi connectivity index (χ4v) is 2.26. The van der Waals surface area contributed by atoms with E-state index in [4.69, 9.17) is 11.6 Å². The van der Waals surface area contributed by atoms with E-state index in [-0.39, 0.29) is 5.38 Å². The average Bonchev–Trinajstić information content (AvgIpc) is 2.41. The summed E-state index contributed by atoms with van der Waals surface area (Å²) in [6, 6.07) is 20.9. The van der Waals surface area contributed by atoms with E-state index in [0.717, 1.165) is 19.3 Å². The largest absolute Gasteiger partial charge is 0.118 e. The summed E-state index contributed by atoms with van der Waals surface area (Å²) in [6.07, 6.45) is 3.27. The van der Waals surface area contributed by atoms with Crippen molar-refractivity contribution in [3.05, 3.63) is 71.8 Å². The van der Waals surface area contributed by atoms with E-state index in [1.165, 1.54) is 11.1 Å². The summed E-state index contributed by atoms with van der Waals surface area (Å²) >= 11 is 6.37. The molecule has 17 heavy (non-hydrogen) atoms. The first-order valence-electron chi connectivity index (χ1n) is 6.09. The molecule has 0 amide bonds. The number of benzene rings is 2. The zero-order valence-electron chi connectivity index (χ0n) is 9.85. The van der Waals surface area contributed by atoms with Crippen molar-refractivity contribution in [1.82, 2.24) is 0 Å². The highest BCUT2D eigenvalue weighted by Gasteiger charge is 2.06. The molecule has 0 N–H and O–H groups in total. The van der Waals surface area contributed by atoms with E-state index in [0.29, 0.717) is 0 Å². The van der Waals surface area contributed by atoms with Crippen LogP contribution in [0.5, 0.6) is 0 Å². The molecule has 0 aliphatic carbocycles. The van der Waals surface area contributed by atoms with Crippen LogP contribution in [0.15, 0.2) is 60.7 Å². The number of aryl methyl sites for hydroxylation is 1. The molecule has 88 valence electrons. The summed E-state index contributed by atoms with van der Waals surface area (Å²) in [5.74, 6) is 0.